The van der Waals surface area contributed by atoms with Crippen LogP contribution < -0.4 is 10.4 Å². The standard InChI is InChI=1S/C21H24O2Si/c1-3-4-11-18-23-24(19-12-17-22-2,20-13-7-5-8-14-20)21-15-9-6-10-16-21/h3,5-10,13-16H,1,4,11,17-18H2,2H3. The van der Waals surface area contributed by atoms with Gasteiger partial charge >= 0.3 is 8.32 Å². The average molecular weight is 337 g/mol. The van der Waals surface area contributed by atoms with Crippen LogP contribution in [0.3, 0.4) is 0 Å². The number of unbranched alkanes of at least 4 members (excludes halogenated alkanes) is 1. The van der Waals surface area contributed by atoms with E-state index in [1.54, 1.807) is 7.11 Å². The van der Waals surface area contributed by atoms with Crippen LogP contribution in [0.5, 0.6) is 0 Å². The summed E-state index contributed by atoms with van der Waals surface area (Å²) in [6.07, 6.45) is 3.82. The molecule has 2 rings (SSSR count). The first-order chi connectivity index (χ1) is 11.8. The molecule has 124 valence electrons. The third-order valence-electron chi connectivity index (χ3n) is 3.71. The quantitative estimate of drug-likeness (QED) is 0.319. The summed E-state index contributed by atoms with van der Waals surface area (Å²) in [4.78, 5) is 0. The number of hydrogen-bond acceptors (Lipinski definition) is 2. The van der Waals surface area contributed by atoms with Crippen molar-refractivity contribution >= 4 is 18.7 Å². The van der Waals surface area contributed by atoms with Crippen molar-refractivity contribution in [2.75, 3.05) is 20.3 Å². The Hall–Kier alpha value is -2.12. The van der Waals surface area contributed by atoms with Gasteiger partial charge in [-0.05, 0) is 23.2 Å². The van der Waals surface area contributed by atoms with Gasteiger partial charge in [0.25, 0.3) is 0 Å². The van der Waals surface area contributed by atoms with Crippen LogP contribution in [0.25, 0.3) is 0 Å². The van der Waals surface area contributed by atoms with Gasteiger partial charge in [0.05, 0.1) is 0 Å². The molecule has 0 N–H and O–H groups in total. The minimum absolute atomic E-state index is 0.407. The van der Waals surface area contributed by atoms with E-state index in [1.807, 2.05) is 42.5 Å². The largest absolute Gasteiger partial charge is 0.399 e. The Morgan fingerprint density at radius 2 is 1.58 bits per heavy atom. The molecule has 0 amide bonds. The number of ether oxygens (including phenoxy) is 1. The van der Waals surface area contributed by atoms with Crippen LogP contribution in [0.15, 0.2) is 73.3 Å². The second-order valence-corrected chi connectivity index (χ2v) is 8.48. The van der Waals surface area contributed by atoms with Crippen molar-refractivity contribution in [3.63, 3.8) is 0 Å². The lowest BCUT2D eigenvalue weighted by molar-refractivity contribution is 0.239. The summed E-state index contributed by atoms with van der Waals surface area (Å²) in [6.45, 7) is 4.86. The summed E-state index contributed by atoms with van der Waals surface area (Å²) in [5.74, 6) is 3.16. The molecule has 0 heterocycles. The number of rotatable bonds is 8. The molecular formula is C21H24O2Si. The first-order valence-corrected chi connectivity index (χ1v) is 10.1. The van der Waals surface area contributed by atoms with Crippen LogP contribution in [-0.2, 0) is 9.16 Å². The molecule has 0 bridgehead atoms. The molecule has 2 aromatic carbocycles. The molecule has 2 nitrogen and oxygen atoms in total. The Morgan fingerprint density at radius 3 is 2.08 bits per heavy atom. The Morgan fingerprint density at radius 1 is 1.00 bits per heavy atom. The molecule has 0 aliphatic rings. The fraction of sp³-hybridized carbons (Fsp3) is 0.238. The molecule has 0 spiro atoms. The lowest BCUT2D eigenvalue weighted by Crippen LogP contribution is -2.60. The molecule has 0 saturated carbocycles. The molecule has 2 aromatic rings. The minimum atomic E-state index is -2.61. The molecule has 0 saturated heterocycles. The Kier molecular flexibility index (Phi) is 7.51. The Balaban J connectivity index is 2.46. The molecule has 24 heavy (non-hydrogen) atoms. The zero-order valence-corrected chi connectivity index (χ0v) is 15.2. The van der Waals surface area contributed by atoms with E-state index in [0.717, 1.165) is 12.8 Å². The van der Waals surface area contributed by atoms with E-state index < -0.39 is 8.32 Å². The number of allylic oxidation sites excluding steroid dienone is 1. The number of methoxy groups -OCH3 is 1. The van der Waals surface area contributed by atoms with Crippen molar-refractivity contribution in [2.45, 2.75) is 12.8 Å². The van der Waals surface area contributed by atoms with Crippen LogP contribution in [0.2, 0.25) is 0 Å². The summed E-state index contributed by atoms with van der Waals surface area (Å²) >= 11 is 0. The van der Waals surface area contributed by atoms with Gasteiger partial charge in [0.15, 0.2) is 0 Å². The van der Waals surface area contributed by atoms with Gasteiger partial charge in [-0.3, -0.25) is 0 Å². The Labute approximate surface area is 146 Å². The Bertz CT molecular complexity index is 632. The van der Waals surface area contributed by atoms with E-state index in [-0.39, 0.29) is 0 Å². The lowest BCUT2D eigenvalue weighted by Gasteiger charge is -2.27. The van der Waals surface area contributed by atoms with E-state index in [2.05, 4.69) is 42.3 Å². The highest BCUT2D eigenvalue weighted by Gasteiger charge is 2.38. The highest BCUT2D eigenvalue weighted by Crippen LogP contribution is 2.09. The third-order valence-corrected chi connectivity index (χ3v) is 7.17. The summed E-state index contributed by atoms with van der Waals surface area (Å²) in [5.41, 5.74) is 3.46. The maximum atomic E-state index is 6.51. The van der Waals surface area contributed by atoms with Gasteiger partial charge in [0.2, 0.25) is 0 Å². The van der Waals surface area contributed by atoms with Gasteiger partial charge < -0.3 is 9.16 Å². The van der Waals surface area contributed by atoms with Crippen molar-refractivity contribution in [1.82, 2.24) is 0 Å². The van der Waals surface area contributed by atoms with Crippen molar-refractivity contribution in [2.24, 2.45) is 0 Å². The van der Waals surface area contributed by atoms with E-state index >= 15 is 0 Å². The zero-order chi connectivity index (χ0) is 17.1. The fourth-order valence-electron chi connectivity index (χ4n) is 2.55. The normalized spacial score (nSPS) is 10.7. The van der Waals surface area contributed by atoms with Crippen molar-refractivity contribution in [1.29, 1.82) is 0 Å². The third kappa shape index (κ3) is 4.69. The highest BCUT2D eigenvalue weighted by atomic mass is 28.4. The van der Waals surface area contributed by atoms with Crippen molar-refractivity contribution in [3.05, 3.63) is 73.3 Å². The second kappa shape index (κ2) is 9.89. The maximum Gasteiger partial charge on any atom is 0.337 e. The van der Waals surface area contributed by atoms with Crippen LogP contribution in [-0.4, -0.2) is 28.6 Å². The van der Waals surface area contributed by atoms with Crippen LogP contribution >= 0.6 is 0 Å². The van der Waals surface area contributed by atoms with E-state index in [9.17, 15) is 0 Å². The van der Waals surface area contributed by atoms with Gasteiger partial charge in [-0.1, -0.05) is 78.2 Å². The van der Waals surface area contributed by atoms with Gasteiger partial charge in [0, 0.05) is 13.7 Å². The monoisotopic (exact) mass is 336 g/mol. The number of hydrogen-bond donors (Lipinski definition) is 0. The molecule has 0 radical (unpaired) electrons. The molecule has 0 atom stereocenters. The predicted octanol–water partition coefficient (Wildman–Crippen LogP) is 2.92. The molecule has 0 aliphatic carbocycles. The van der Waals surface area contributed by atoms with Crippen molar-refractivity contribution in [3.8, 4) is 11.5 Å². The van der Waals surface area contributed by atoms with Crippen molar-refractivity contribution < 1.29 is 9.16 Å². The fourth-order valence-corrected chi connectivity index (χ4v) is 5.67. The molecule has 0 aromatic heterocycles. The summed E-state index contributed by atoms with van der Waals surface area (Å²) in [5, 5.41) is 2.33. The van der Waals surface area contributed by atoms with Crippen LogP contribution in [0.4, 0.5) is 0 Å². The summed E-state index contributed by atoms with van der Waals surface area (Å²) in [6, 6.07) is 20.7. The topological polar surface area (TPSA) is 18.5 Å². The predicted molar refractivity (Wildman–Crippen MR) is 103 cm³/mol. The molecule has 0 unspecified atom stereocenters. The summed E-state index contributed by atoms with van der Waals surface area (Å²) < 4.78 is 11.6. The van der Waals surface area contributed by atoms with Crippen LogP contribution in [0.1, 0.15) is 12.8 Å². The molecule has 0 aliphatic heterocycles. The molecule has 0 fully saturated rings. The van der Waals surface area contributed by atoms with E-state index in [0.29, 0.717) is 13.2 Å². The molecule has 3 heteroatoms. The van der Waals surface area contributed by atoms with E-state index in [1.165, 1.54) is 10.4 Å². The minimum Gasteiger partial charge on any atom is -0.399 e. The summed E-state index contributed by atoms with van der Waals surface area (Å²) in [7, 11) is -0.950. The number of benzene rings is 2. The first-order valence-electron chi connectivity index (χ1n) is 8.18. The highest BCUT2D eigenvalue weighted by molar-refractivity contribution is 7.03. The van der Waals surface area contributed by atoms with Crippen LogP contribution in [0, 0.1) is 11.5 Å². The van der Waals surface area contributed by atoms with Gasteiger partial charge in [-0.2, -0.15) is 0 Å². The first kappa shape index (κ1) is 18.2. The maximum absolute atomic E-state index is 6.51. The van der Waals surface area contributed by atoms with E-state index in [4.69, 9.17) is 9.16 Å². The zero-order valence-electron chi connectivity index (χ0n) is 14.2. The SMILES string of the molecule is C=CCCCO[Si](C#CCOC)(c1ccccc1)c1ccccc1. The smallest absolute Gasteiger partial charge is 0.337 e. The van der Waals surface area contributed by atoms with Gasteiger partial charge in [-0.25, -0.2) is 0 Å². The molecular weight excluding hydrogens is 312 g/mol. The average Bonchev–Trinajstić information content (AvgIpc) is 2.65. The lowest BCUT2D eigenvalue weighted by atomic mass is 10.3. The van der Waals surface area contributed by atoms with Gasteiger partial charge in [0.1, 0.15) is 6.61 Å². The second-order valence-electron chi connectivity index (χ2n) is 5.43. The van der Waals surface area contributed by atoms with Gasteiger partial charge in [-0.15, -0.1) is 6.58 Å².